The third kappa shape index (κ3) is 5.96. The maximum atomic E-state index is 15.3. The van der Waals surface area contributed by atoms with E-state index >= 15 is 4.39 Å². The molecule has 0 aliphatic carbocycles. The fourth-order valence-electron chi connectivity index (χ4n) is 5.11. The molecule has 8 nitrogen and oxygen atoms in total. The van der Waals surface area contributed by atoms with Crippen molar-refractivity contribution in [1.29, 1.82) is 0 Å². The summed E-state index contributed by atoms with van der Waals surface area (Å²) in [5.74, 6) is -0.865. The van der Waals surface area contributed by atoms with Gasteiger partial charge in [-0.05, 0) is 41.7 Å². The Morgan fingerprint density at radius 3 is 2.48 bits per heavy atom. The van der Waals surface area contributed by atoms with Crippen molar-refractivity contribution >= 4 is 34.2 Å². The average Bonchev–Trinajstić information content (AvgIpc) is 2.92. The number of esters is 1. The number of hydrogen-bond donors (Lipinski definition) is 1. The SMILES string of the molecule is CCOC(=O)c1cn([C@H](CO)C(C)(C)C)c2cc(OC)c(Cc3cc(N4CCOCC4)cc(Cl)c3F)cc2c1=O. The molecule has 1 aliphatic rings. The highest BCUT2D eigenvalue weighted by Gasteiger charge is 2.29. The van der Waals surface area contributed by atoms with Crippen molar-refractivity contribution in [2.24, 2.45) is 5.41 Å². The number of methoxy groups -OCH3 is 1. The number of pyridine rings is 1. The van der Waals surface area contributed by atoms with Gasteiger partial charge in [0, 0.05) is 42.8 Å². The summed E-state index contributed by atoms with van der Waals surface area (Å²) in [5.41, 5.74) is 1.08. The van der Waals surface area contributed by atoms with Gasteiger partial charge in [-0.3, -0.25) is 4.79 Å². The van der Waals surface area contributed by atoms with Crippen LogP contribution in [0, 0.1) is 11.2 Å². The number of nitrogens with zero attached hydrogens (tertiary/aromatic N) is 2. The highest BCUT2D eigenvalue weighted by molar-refractivity contribution is 6.31. The standard InChI is InChI=1S/C30H36ClFN2O6/c1-6-40-29(37)22-16-34(26(17-35)30(2,3)4)24-15-25(38-5)18(13-21(24)28(22)36)11-19-12-20(14-23(31)27(19)32)33-7-9-39-10-8-33/h12-16,26,35H,6-11,17H2,1-5H3/t26-/m1/s1. The fourth-order valence-corrected chi connectivity index (χ4v) is 5.34. The zero-order valence-electron chi connectivity index (χ0n) is 23.6. The van der Waals surface area contributed by atoms with E-state index in [2.05, 4.69) is 4.90 Å². The molecule has 0 spiro atoms. The molecular weight excluding hydrogens is 539 g/mol. The Kier molecular flexibility index (Phi) is 9.07. The molecule has 1 N–H and O–H groups in total. The number of halogens is 2. The van der Waals surface area contributed by atoms with Crippen LogP contribution in [0.3, 0.4) is 0 Å². The maximum absolute atomic E-state index is 15.3. The lowest BCUT2D eigenvalue weighted by Gasteiger charge is -2.33. The number of aliphatic hydroxyl groups is 1. The summed E-state index contributed by atoms with van der Waals surface area (Å²) in [6.07, 6.45) is 1.54. The maximum Gasteiger partial charge on any atom is 0.343 e. The third-order valence-electron chi connectivity index (χ3n) is 7.28. The van der Waals surface area contributed by atoms with Crippen LogP contribution in [0.15, 0.2) is 35.3 Å². The molecule has 216 valence electrons. The smallest absolute Gasteiger partial charge is 0.343 e. The second-order valence-corrected chi connectivity index (χ2v) is 11.3. The summed E-state index contributed by atoms with van der Waals surface area (Å²) >= 11 is 6.31. The van der Waals surface area contributed by atoms with E-state index in [0.29, 0.717) is 48.7 Å². The van der Waals surface area contributed by atoms with E-state index < -0.39 is 28.7 Å². The zero-order valence-corrected chi connectivity index (χ0v) is 24.3. The van der Waals surface area contributed by atoms with Gasteiger partial charge in [0.05, 0.1) is 50.1 Å². The molecule has 10 heteroatoms. The number of benzene rings is 2. The summed E-state index contributed by atoms with van der Waals surface area (Å²) in [6, 6.07) is 6.21. The summed E-state index contributed by atoms with van der Waals surface area (Å²) < 4.78 is 33.3. The van der Waals surface area contributed by atoms with Crippen molar-refractivity contribution in [3.05, 3.63) is 68.2 Å². The minimum atomic E-state index is -0.748. The summed E-state index contributed by atoms with van der Waals surface area (Å²) in [5, 5.41) is 10.6. The van der Waals surface area contributed by atoms with Gasteiger partial charge >= 0.3 is 5.97 Å². The number of morpholine rings is 1. The normalized spacial score (nSPS) is 14.8. The van der Waals surface area contributed by atoms with Crippen LogP contribution < -0.4 is 15.1 Å². The Morgan fingerprint density at radius 1 is 1.18 bits per heavy atom. The van der Waals surface area contributed by atoms with E-state index in [1.807, 2.05) is 20.8 Å². The van der Waals surface area contributed by atoms with E-state index in [0.717, 1.165) is 5.69 Å². The molecule has 3 aromatic rings. The number of aromatic nitrogens is 1. The van der Waals surface area contributed by atoms with E-state index in [-0.39, 0.29) is 35.6 Å². The molecule has 1 atom stereocenters. The molecule has 0 amide bonds. The zero-order chi connectivity index (χ0) is 29.2. The molecule has 1 aromatic heterocycles. The van der Waals surface area contributed by atoms with Gasteiger partial charge in [-0.2, -0.15) is 0 Å². The van der Waals surface area contributed by atoms with Gasteiger partial charge in [-0.1, -0.05) is 32.4 Å². The van der Waals surface area contributed by atoms with Crippen molar-refractivity contribution < 1.29 is 28.5 Å². The minimum Gasteiger partial charge on any atom is -0.496 e. The van der Waals surface area contributed by atoms with Crippen LogP contribution in [0.1, 0.15) is 55.2 Å². The van der Waals surface area contributed by atoms with Gasteiger partial charge in [0.15, 0.2) is 0 Å². The Balaban J connectivity index is 1.92. The molecule has 0 unspecified atom stereocenters. The Hall–Kier alpha value is -3.14. The number of aliphatic hydroxyl groups excluding tert-OH is 1. The Bertz CT molecular complexity index is 1460. The largest absolute Gasteiger partial charge is 0.496 e. The first-order valence-electron chi connectivity index (χ1n) is 13.3. The molecule has 40 heavy (non-hydrogen) atoms. The molecule has 2 aromatic carbocycles. The summed E-state index contributed by atoms with van der Waals surface area (Å²) in [7, 11) is 1.50. The molecule has 0 saturated carbocycles. The lowest BCUT2D eigenvalue weighted by atomic mass is 9.86. The molecule has 0 bridgehead atoms. The Labute approximate surface area is 238 Å². The van der Waals surface area contributed by atoms with E-state index in [4.69, 9.17) is 25.8 Å². The predicted molar refractivity (Wildman–Crippen MR) is 154 cm³/mol. The second-order valence-electron chi connectivity index (χ2n) is 10.9. The van der Waals surface area contributed by atoms with Gasteiger partial charge in [0.1, 0.15) is 17.1 Å². The van der Waals surface area contributed by atoms with Gasteiger partial charge in [0.2, 0.25) is 5.43 Å². The predicted octanol–water partition coefficient (Wildman–Crippen LogP) is 4.99. The van der Waals surface area contributed by atoms with E-state index in [1.165, 1.54) is 13.3 Å². The average molecular weight is 575 g/mol. The van der Waals surface area contributed by atoms with E-state index in [1.54, 1.807) is 35.8 Å². The van der Waals surface area contributed by atoms with E-state index in [9.17, 15) is 14.7 Å². The molecular formula is C30H36ClFN2O6. The lowest BCUT2D eigenvalue weighted by molar-refractivity contribution is 0.0522. The van der Waals surface area contributed by atoms with Crippen LogP contribution in [-0.2, 0) is 15.9 Å². The number of carbonyl (C=O) groups excluding carboxylic acids is 1. The lowest BCUT2D eigenvalue weighted by Crippen LogP contribution is -2.36. The molecule has 1 fully saturated rings. The van der Waals surface area contributed by atoms with Gasteiger partial charge in [0.25, 0.3) is 0 Å². The topological polar surface area (TPSA) is 90.2 Å². The van der Waals surface area contributed by atoms with Crippen LogP contribution in [0.25, 0.3) is 10.9 Å². The molecule has 2 heterocycles. The van der Waals surface area contributed by atoms with Crippen LogP contribution in [0.2, 0.25) is 5.02 Å². The second kappa shape index (κ2) is 12.2. The molecule has 1 aliphatic heterocycles. The quantitative estimate of drug-likeness (QED) is 0.379. The Morgan fingerprint density at radius 2 is 1.88 bits per heavy atom. The van der Waals surface area contributed by atoms with Crippen molar-refractivity contribution in [2.45, 2.75) is 40.2 Å². The van der Waals surface area contributed by atoms with Crippen LogP contribution in [-0.4, -0.2) is 62.3 Å². The number of fused-ring (bicyclic) bond motifs is 1. The van der Waals surface area contributed by atoms with Gasteiger partial charge < -0.3 is 28.8 Å². The van der Waals surface area contributed by atoms with Crippen molar-refractivity contribution in [1.82, 2.24) is 4.57 Å². The van der Waals surface area contributed by atoms with Gasteiger partial charge in [-0.25, -0.2) is 9.18 Å². The van der Waals surface area contributed by atoms with Crippen LogP contribution >= 0.6 is 11.6 Å². The summed E-state index contributed by atoms with van der Waals surface area (Å²) in [6.45, 7) is 9.88. The first-order chi connectivity index (χ1) is 19.0. The first-order valence-corrected chi connectivity index (χ1v) is 13.7. The van der Waals surface area contributed by atoms with Crippen LogP contribution in [0.4, 0.5) is 10.1 Å². The van der Waals surface area contributed by atoms with Crippen molar-refractivity contribution in [2.75, 3.05) is 51.5 Å². The first kappa shape index (κ1) is 29.8. The summed E-state index contributed by atoms with van der Waals surface area (Å²) in [4.78, 5) is 28.5. The number of hydrogen-bond acceptors (Lipinski definition) is 7. The monoisotopic (exact) mass is 574 g/mol. The van der Waals surface area contributed by atoms with Gasteiger partial charge in [-0.15, -0.1) is 0 Å². The molecule has 0 radical (unpaired) electrons. The third-order valence-corrected chi connectivity index (χ3v) is 7.56. The fraction of sp³-hybridized carbons (Fsp3) is 0.467. The van der Waals surface area contributed by atoms with Crippen molar-refractivity contribution in [3.8, 4) is 5.75 Å². The number of rotatable bonds is 8. The molecule has 1 saturated heterocycles. The number of ether oxygens (including phenoxy) is 3. The number of carbonyl (C=O) groups is 1. The van der Waals surface area contributed by atoms with Crippen LogP contribution in [0.5, 0.6) is 5.75 Å². The highest BCUT2D eigenvalue weighted by atomic mass is 35.5. The minimum absolute atomic E-state index is 0.00154. The van der Waals surface area contributed by atoms with Crippen molar-refractivity contribution in [3.63, 3.8) is 0 Å². The number of anilines is 1. The molecule has 4 rings (SSSR count). The highest BCUT2D eigenvalue weighted by Crippen LogP contribution is 2.36.